The Hall–Kier alpha value is -1.35. The minimum absolute atomic E-state index is 0.252. The lowest BCUT2D eigenvalue weighted by molar-refractivity contribution is -0.141. The summed E-state index contributed by atoms with van der Waals surface area (Å²) in [5, 5.41) is 3.66. The van der Waals surface area contributed by atoms with Crippen LogP contribution >= 0.6 is 0 Å². The molecule has 126 valence electrons. The van der Waals surface area contributed by atoms with Gasteiger partial charge in [0.15, 0.2) is 0 Å². The summed E-state index contributed by atoms with van der Waals surface area (Å²) in [6, 6.07) is 11.7. The van der Waals surface area contributed by atoms with Gasteiger partial charge in [0.2, 0.25) is 5.91 Å². The number of nitrogens with one attached hydrogen (secondary N) is 1. The van der Waals surface area contributed by atoms with Crippen molar-refractivity contribution < 1.29 is 4.79 Å². The van der Waals surface area contributed by atoms with Crippen molar-refractivity contribution in [2.45, 2.75) is 64.5 Å². The highest BCUT2D eigenvalue weighted by molar-refractivity contribution is 5.82. The van der Waals surface area contributed by atoms with Crippen molar-refractivity contribution in [1.82, 2.24) is 10.2 Å². The standard InChI is InChI=1S/C20H30N2O/c1-20(2,13-6-9-16-7-4-3-5-8-16)19(23)22-14-12-17-10-11-18(15-22)21-17/h3-5,7-8,17-18,21H,6,9-15H2,1-2H3. The van der Waals surface area contributed by atoms with E-state index in [0.717, 1.165) is 38.8 Å². The fraction of sp³-hybridized carbons (Fsp3) is 0.650. The fourth-order valence-electron chi connectivity index (χ4n) is 4.04. The molecule has 2 fully saturated rings. The number of rotatable bonds is 5. The van der Waals surface area contributed by atoms with Crippen LogP contribution in [0.1, 0.15) is 51.5 Å². The van der Waals surface area contributed by atoms with Gasteiger partial charge in [0.05, 0.1) is 0 Å². The maximum Gasteiger partial charge on any atom is 0.228 e. The Morgan fingerprint density at radius 2 is 1.91 bits per heavy atom. The molecule has 2 aliphatic rings. The molecule has 2 unspecified atom stereocenters. The molecule has 3 heteroatoms. The van der Waals surface area contributed by atoms with Crippen LogP contribution in [0, 0.1) is 5.41 Å². The summed E-state index contributed by atoms with van der Waals surface area (Å²) in [6.45, 7) is 6.07. The van der Waals surface area contributed by atoms with Gasteiger partial charge < -0.3 is 10.2 Å². The van der Waals surface area contributed by atoms with Crippen LogP contribution in [0.2, 0.25) is 0 Å². The highest BCUT2D eigenvalue weighted by Crippen LogP contribution is 2.29. The number of benzene rings is 1. The number of likely N-dealkylation sites (tertiary alicyclic amines) is 1. The Bertz CT molecular complexity index is 526. The molecule has 0 aliphatic carbocycles. The predicted octanol–water partition coefficient (Wildman–Crippen LogP) is 3.39. The second-order valence-corrected chi connectivity index (χ2v) is 7.90. The summed E-state index contributed by atoms with van der Waals surface area (Å²) in [5.41, 5.74) is 1.12. The van der Waals surface area contributed by atoms with E-state index in [-0.39, 0.29) is 5.41 Å². The first-order valence-corrected chi connectivity index (χ1v) is 9.14. The highest BCUT2D eigenvalue weighted by atomic mass is 16.2. The van der Waals surface area contributed by atoms with E-state index in [9.17, 15) is 4.79 Å². The Morgan fingerprint density at radius 3 is 2.70 bits per heavy atom. The van der Waals surface area contributed by atoms with Gasteiger partial charge in [-0.15, -0.1) is 0 Å². The van der Waals surface area contributed by atoms with Gasteiger partial charge >= 0.3 is 0 Å². The topological polar surface area (TPSA) is 32.3 Å². The number of hydrogen-bond donors (Lipinski definition) is 1. The number of hydrogen-bond acceptors (Lipinski definition) is 2. The third-order valence-corrected chi connectivity index (χ3v) is 5.50. The molecule has 2 heterocycles. The number of carbonyl (C=O) groups is 1. The molecule has 0 aromatic heterocycles. The van der Waals surface area contributed by atoms with Gasteiger partial charge in [-0.25, -0.2) is 0 Å². The van der Waals surface area contributed by atoms with Crippen LogP contribution in [0.25, 0.3) is 0 Å². The summed E-state index contributed by atoms with van der Waals surface area (Å²) in [6.07, 6.45) is 6.71. The van der Waals surface area contributed by atoms with Crippen LogP contribution in [0.3, 0.4) is 0 Å². The number of carbonyl (C=O) groups excluding carboxylic acids is 1. The van der Waals surface area contributed by atoms with Crippen LogP contribution < -0.4 is 5.32 Å². The van der Waals surface area contributed by atoms with Crippen molar-refractivity contribution in [3.63, 3.8) is 0 Å². The van der Waals surface area contributed by atoms with Gasteiger partial charge in [-0.1, -0.05) is 44.2 Å². The average Bonchev–Trinajstić information content (AvgIpc) is 2.87. The SMILES string of the molecule is CC(C)(CCCc1ccccc1)C(=O)N1CCC2CCC(C1)N2. The molecule has 0 radical (unpaired) electrons. The van der Waals surface area contributed by atoms with Gasteiger partial charge in [-0.05, 0) is 44.1 Å². The van der Waals surface area contributed by atoms with E-state index >= 15 is 0 Å². The molecule has 3 rings (SSSR count). The highest BCUT2D eigenvalue weighted by Gasteiger charge is 2.36. The van der Waals surface area contributed by atoms with Crippen LogP contribution in [-0.4, -0.2) is 36.0 Å². The largest absolute Gasteiger partial charge is 0.341 e. The van der Waals surface area contributed by atoms with Crippen molar-refractivity contribution in [1.29, 1.82) is 0 Å². The molecule has 1 aromatic rings. The van der Waals surface area contributed by atoms with Crippen molar-refractivity contribution in [2.75, 3.05) is 13.1 Å². The van der Waals surface area contributed by atoms with Crippen LogP contribution in [0.4, 0.5) is 0 Å². The van der Waals surface area contributed by atoms with Gasteiger partial charge in [-0.2, -0.15) is 0 Å². The second-order valence-electron chi connectivity index (χ2n) is 7.90. The van der Waals surface area contributed by atoms with E-state index in [2.05, 4.69) is 54.4 Å². The zero-order chi connectivity index (χ0) is 16.3. The van der Waals surface area contributed by atoms with Crippen LogP contribution in [0.5, 0.6) is 0 Å². The Balaban J connectivity index is 1.52. The molecule has 23 heavy (non-hydrogen) atoms. The van der Waals surface area contributed by atoms with Crippen LogP contribution in [-0.2, 0) is 11.2 Å². The average molecular weight is 314 g/mol. The maximum absolute atomic E-state index is 13.0. The lowest BCUT2D eigenvalue weighted by Crippen LogP contribution is -2.45. The molecule has 2 bridgehead atoms. The fourth-order valence-corrected chi connectivity index (χ4v) is 4.04. The van der Waals surface area contributed by atoms with Crippen molar-refractivity contribution >= 4 is 5.91 Å². The third kappa shape index (κ3) is 4.14. The van der Waals surface area contributed by atoms with E-state index in [0.29, 0.717) is 18.0 Å². The summed E-state index contributed by atoms with van der Waals surface area (Å²) >= 11 is 0. The first-order chi connectivity index (χ1) is 11.0. The first-order valence-electron chi connectivity index (χ1n) is 9.14. The normalized spacial score (nSPS) is 24.5. The van der Waals surface area contributed by atoms with Gasteiger partial charge in [0.25, 0.3) is 0 Å². The predicted molar refractivity (Wildman–Crippen MR) is 94.3 cm³/mol. The molecule has 1 amide bonds. The molecule has 2 atom stereocenters. The summed E-state index contributed by atoms with van der Waals surface area (Å²) in [7, 11) is 0. The van der Waals surface area contributed by atoms with Gasteiger partial charge in [0.1, 0.15) is 0 Å². The molecular weight excluding hydrogens is 284 g/mol. The molecule has 1 N–H and O–H groups in total. The van der Waals surface area contributed by atoms with E-state index in [1.165, 1.54) is 18.4 Å². The summed E-state index contributed by atoms with van der Waals surface area (Å²) < 4.78 is 0. The third-order valence-electron chi connectivity index (χ3n) is 5.50. The van der Waals surface area contributed by atoms with Crippen molar-refractivity contribution in [3.8, 4) is 0 Å². The minimum atomic E-state index is -0.252. The van der Waals surface area contributed by atoms with E-state index in [4.69, 9.17) is 0 Å². The molecule has 0 spiro atoms. The summed E-state index contributed by atoms with van der Waals surface area (Å²) in [4.78, 5) is 15.1. The summed E-state index contributed by atoms with van der Waals surface area (Å²) in [5.74, 6) is 0.347. The lowest BCUT2D eigenvalue weighted by Gasteiger charge is -2.33. The Kier molecular flexibility index (Phi) is 5.05. The molecule has 1 aromatic carbocycles. The van der Waals surface area contributed by atoms with E-state index in [1.54, 1.807) is 0 Å². The number of amides is 1. The molecular formula is C20H30N2O. The zero-order valence-electron chi connectivity index (χ0n) is 14.6. The number of fused-ring (bicyclic) bond motifs is 2. The van der Waals surface area contributed by atoms with E-state index < -0.39 is 0 Å². The van der Waals surface area contributed by atoms with Crippen molar-refractivity contribution in [2.24, 2.45) is 5.41 Å². The monoisotopic (exact) mass is 314 g/mol. The quantitative estimate of drug-likeness (QED) is 0.903. The maximum atomic E-state index is 13.0. The Morgan fingerprint density at radius 1 is 1.17 bits per heavy atom. The molecule has 2 aliphatic heterocycles. The molecule has 3 nitrogen and oxygen atoms in total. The van der Waals surface area contributed by atoms with Crippen LogP contribution in [0.15, 0.2) is 30.3 Å². The lowest BCUT2D eigenvalue weighted by atomic mass is 9.84. The smallest absolute Gasteiger partial charge is 0.228 e. The van der Waals surface area contributed by atoms with Crippen molar-refractivity contribution in [3.05, 3.63) is 35.9 Å². The first kappa shape index (κ1) is 16.5. The number of nitrogens with zero attached hydrogens (tertiary/aromatic N) is 1. The number of aryl methyl sites for hydroxylation is 1. The minimum Gasteiger partial charge on any atom is -0.341 e. The zero-order valence-corrected chi connectivity index (χ0v) is 14.6. The Labute approximate surface area is 140 Å². The van der Waals surface area contributed by atoms with E-state index in [1.807, 2.05) is 0 Å². The molecule has 0 saturated carbocycles. The molecule has 2 saturated heterocycles. The second kappa shape index (κ2) is 7.04. The van der Waals surface area contributed by atoms with Gasteiger partial charge in [-0.3, -0.25) is 4.79 Å². The van der Waals surface area contributed by atoms with Gasteiger partial charge in [0, 0.05) is 30.6 Å².